The summed E-state index contributed by atoms with van der Waals surface area (Å²) in [5, 5.41) is 40.3. The highest BCUT2D eigenvalue weighted by Crippen LogP contribution is 2.47. The average molecular weight is 419 g/mol. The van der Waals surface area contributed by atoms with Crippen LogP contribution in [0.15, 0.2) is 17.1 Å². The van der Waals surface area contributed by atoms with Gasteiger partial charge >= 0.3 is 5.97 Å². The van der Waals surface area contributed by atoms with Crippen molar-refractivity contribution in [3.05, 3.63) is 33.9 Å². The Morgan fingerprint density at radius 2 is 2.00 bits per heavy atom. The molecule has 4 atom stereocenters. The number of aromatic nitrogens is 1. The van der Waals surface area contributed by atoms with E-state index in [0.717, 1.165) is 18.9 Å². The first-order valence-electron chi connectivity index (χ1n) is 9.86. The van der Waals surface area contributed by atoms with Crippen molar-refractivity contribution in [2.45, 2.75) is 43.1 Å². The van der Waals surface area contributed by atoms with Gasteiger partial charge in [-0.25, -0.2) is 9.18 Å². The number of carboxylic acid groups (broad SMARTS) is 1. The fourth-order valence-corrected chi connectivity index (χ4v) is 5.12. The average Bonchev–Trinajstić information content (AvgIpc) is 3.41. The topological polar surface area (TPSA) is 149 Å². The summed E-state index contributed by atoms with van der Waals surface area (Å²) in [6.07, 6.45) is 0.866. The van der Waals surface area contributed by atoms with Crippen LogP contribution in [0.4, 0.5) is 10.1 Å². The molecule has 10 heteroatoms. The number of nitrogens with two attached hydrogens (primary N) is 1. The van der Waals surface area contributed by atoms with E-state index < -0.39 is 52.2 Å². The number of phenols is 1. The van der Waals surface area contributed by atoms with E-state index in [1.807, 2.05) is 0 Å². The number of aromatic hydroxyl groups is 1. The van der Waals surface area contributed by atoms with Crippen LogP contribution in [0.1, 0.15) is 35.7 Å². The molecule has 3 fully saturated rings. The molecule has 3 aliphatic rings. The second-order valence-corrected chi connectivity index (χ2v) is 8.75. The minimum Gasteiger partial charge on any atom is -0.504 e. The number of rotatable bonds is 3. The highest BCUT2D eigenvalue weighted by atomic mass is 19.1. The molecule has 1 aromatic carbocycles. The molecule has 160 valence electrons. The molecule has 4 unspecified atom stereocenters. The molecule has 30 heavy (non-hydrogen) atoms. The van der Waals surface area contributed by atoms with Gasteiger partial charge in [0.25, 0.3) is 0 Å². The van der Waals surface area contributed by atoms with Crippen LogP contribution in [-0.2, 0) is 0 Å². The molecule has 9 nitrogen and oxygen atoms in total. The number of carbonyl (C=O) groups is 1. The van der Waals surface area contributed by atoms with E-state index >= 15 is 4.39 Å². The standard InChI is InChI=1S/C20H22FN3O6/c21-12-3-9-14(24(8-1-2-8)5-10(16(9)26)19(29)30)18(28)15(12)23-6-11-17(27)13(25)4-20(11,22)7-23/h3,5,8,11,13,17,25,27-28H,1-2,4,6-7,22H2,(H,29,30). The van der Waals surface area contributed by atoms with Gasteiger partial charge in [0.05, 0.1) is 23.1 Å². The molecule has 2 aliphatic carbocycles. The summed E-state index contributed by atoms with van der Waals surface area (Å²) in [7, 11) is 0. The van der Waals surface area contributed by atoms with Crippen LogP contribution in [-0.4, -0.2) is 61.8 Å². The molecule has 2 saturated carbocycles. The van der Waals surface area contributed by atoms with Gasteiger partial charge in [-0.15, -0.1) is 0 Å². The first-order valence-corrected chi connectivity index (χ1v) is 9.86. The van der Waals surface area contributed by atoms with Crippen molar-refractivity contribution in [1.29, 1.82) is 0 Å². The van der Waals surface area contributed by atoms with Crippen molar-refractivity contribution in [3.8, 4) is 5.75 Å². The summed E-state index contributed by atoms with van der Waals surface area (Å²) in [5.41, 5.74) is 4.05. The van der Waals surface area contributed by atoms with Crippen molar-refractivity contribution < 1.29 is 29.6 Å². The van der Waals surface area contributed by atoms with Gasteiger partial charge in [-0.2, -0.15) is 0 Å². The van der Waals surface area contributed by atoms with Gasteiger partial charge in [0, 0.05) is 36.8 Å². The number of anilines is 1. The van der Waals surface area contributed by atoms with Crippen molar-refractivity contribution >= 4 is 22.6 Å². The van der Waals surface area contributed by atoms with Crippen LogP contribution in [0.5, 0.6) is 5.75 Å². The molecule has 0 spiro atoms. The van der Waals surface area contributed by atoms with Crippen LogP contribution < -0.4 is 16.1 Å². The van der Waals surface area contributed by atoms with E-state index in [0.29, 0.717) is 0 Å². The summed E-state index contributed by atoms with van der Waals surface area (Å²) in [5.74, 6) is -3.24. The minimum atomic E-state index is -1.41. The van der Waals surface area contributed by atoms with Gasteiger partial charge in [0.15, 0.2) is 11.6 Å². The molecule has 1 aromatic heterocycles. The number of aliphatic hydroxyl groups is 2. The number of halogens is 1. The third kappa shape index (κ3) is 2.57. The molecule has 6 N–H and O–H groups in total. The number of aliphatic hydroxyl groups excluding tert-OH is 2. The Labute approximate surface area is 169 Å². The van der Waals surface area contributed by atoms with Crippen molar-refractivity contribution in [2.24, 2.45) is 11.7 Å². The van der Waals surface area contributed by atoms with Gasteiger partial charge in [-0.3, -0.25) is 4.79 Å². The summed E-state index contributed by atoms with van der Waals surface area (Å²) in [6, 6.07) is 0.881. The molecule has 0 amide bonds. The summed E-state index contributed by atoms with van der Waals surface area (Å²) >= 11 is 0. The van der Waals surface area contributed by atoms with Crippen molar-refractivity contribution in [2.75, 3.05) is 18.0 Å². The summed E-state index contributed by atoms with van der Waals surface area (Å²) in [4.78, 5) is 25.6. The Balaban J connectivity index is 1.68. The molecular formula is C20H22FN3O6. The largest absolute Gasteiger partial charge is 0.504 e. The zero-order valence-corrected chi connectivity index (χ0v) is 16.0. The number of hydrogen-bond acceptors (Lipinski definition) is 7. The Morgan fingerprint density at radius 3 is 2.60 bits per heavy atom. The third-order valence-corrected chi connectivity index (χ3v) is 6.74. The Bertz CT molecular complexity index is 1150. The quantitative estimate of drug-likeness (QED) is 0.472. The number of benzene rings is 1. The lowest BCUT2D eigenvalue weighted by atomic mass is 9.91. The first kappa shape index (κ1) is 19.3. The maximum Gasteiger partial charge on any atom is 0.341 e. The third-order valence-electron chi connectivity index (χ3n) is 6.74. The van der Waals surface area contributed by atoms with Gasteiger partial charge in [-0.1, -0.05) is 0 Å². The summed E-state index contributed by atoms with van der Waals surface area (Å²) < 4.78 is 16.7. The van der Waals surface area contributed by atoms with Crippen LogP contribution in [0.25, 0.3) is 10.9 Å². The number of aromatic carboxylic acids is 1. The number of phenolic OH excluding ortho intramolecular Hbond substituents is 1. The fraction of sp³-hybridized carbons (Fsp3) is 0.500. The zero-order chi connectivity index (χ0) is 21.5. The maximum atomic E-state index is 15.1. The lowest BCUT2D eigenvalue weighted by molar-refractivity contribution is 0.0226. The van der Waals surface area contributed by atoms with Crippen molar-refractivity contribution in [1.82, 2.24) is 4.57 Å². The Hall–Kier alpha value is -2.69. The highest BCUT2D eigenvalue weighted by Gasteiger charge is 2.56. The predicted octanol–water partition coefficient (Wildman–Crippen LogP) is 0.138. The Kier molecular flexibility index (Phi) is 3.96. The van der Waals surface area contributed by atoms with Crippen LogP contribution in [0.2, 0.25) is 0 Å². The van der Waals surface area contributed by atoms with E-state index in [4.69, 9.17) is 5.73 Å². The van der Waals surface area contributed by atoms with Crippen LogP contribution in [0.3, 0.4) is 0 Å². The molecular weight excluding hydrogens is 397 g/mol. The van der Waals surface area contributed by atoms with E-state index in [9.17, 15) is 30.0 Å². The van der Waals surface area contributed by atoms with E-state index in [2.05, 4.69) is 0 Å². The number of pyridine rings is 1. The molecule has 0 bridgehead atoms. The summed E-state index contributed by atoms with van der Waals surface area (Å²) in [6.45, 7) is 0.244. The molecule has 2 heterocycles. The van der Waals surface area contributed by atoms with Crippen molar-refractivity contribution in [3.63, 3.8) is 0 Å². The SMILES string of the molecule is NC12CC(O)C(O)C1CN(c1c(F)cc3c(=O)c(C(=O)O)cn(C4CC4)c3c1O)C2. The number of carboxylic acids is 1. The second kappa shape index (κ2) is 6.16. The minimum absolute atomic E-state index is 0.0776. The fourth-order valence-electron chi connectivity index (χ4n) is 5.12. The molecule has 1 saturated heterocycles. The monoisotopic (exact) mass is 419 g/mol. The smallest absolute Gasteiger partial charge is 0.341 e. The number of nitrogens with zero attached hydrogens (tertiary/aromatic N) is 2. The first-order chi connectivity index (χ1) is 14.1. The van der Waals surface area contributed by atoms with E-state index in [1.54, 1.807) is 0 Å². The predicted molar refractivity (Wildman–Crippen MR) is 104 cm³/mol. The zero-order valence-electron chi connectivity index (χ0n) is 16.0. The lowest BCUT2D eigenvalue weighted by Gasteiger charge is -2.26. The highest BCUT2D eigenvalue weighted by molar-refractivity contribution is 5.97. The van der Waals surface area contributed by atoms with Gasteiger partial charge in [0.2, 0.25) is 5.43 Å². The normalized spacial score (nSPS) is 30.8. The Morgan fingerprint density at radius 1 is 1.30 bits per heavy atom. The van der Waals surface area contributed by atoms with Crippen LogP contribution >= 0.6 is 0 Å². The lowest BCUT2D eigenvalue weighted by Crippen LogP contribution is -2.45. The molecule has 5 rings (SSSR count). The van der Waals surface area contributed by atoms with Gasteiger partial charge in [0.1, 0.15) is 11.3 Å². The van der Waals surface area contributed by atoms with Crippen LogP contribution in [0, 0.1) is 11.7 Å². The molecule has 0 radical (unpaired) electrons. The molecule has 2 aromatic rings. The number of fused-ring (bicyclic) bond motifs is 2. The molecule has 1 aliphatic heterocycles. The van der Waals surface area contributed by atoms with Gasteiger partial charge in [-0.05, 0) is 25.3 Å². The second-order valence-electron chi connectivity index (χ2n) is 8.75. The van der Waals surface area contributed by atoms with Gasteiger partial charge < -0.3 is 35.6 Å². The van der Waals surface area contributed by atoms with E-state index in [-0.39, 0.29) is 42.1 Å². The maximum absolute atomic E-state index is 15.1. The number of hydrogen-bond donors (Lipinski definition) is 5. The van der Waals surface area contributed by atoms with E-state index in [1.165, 1.54) is 15.7 Å².